The summed E-state index contributed by atoms with van der Waals surface area (Å²) in [5.74, 6) is 1.25. The Hall–Kier alpha value is 0.270. The first-order valence-corrected chi connectivity index (χ1v) is 6.01. The average Bonchev–Trinajstić information content (AvgIpc) is 2.45. The van der Waals surface area contributed by atoms with Crippen LogP contribution in [0, 0.1) is 5.41 Å². The van der Waals surface area contributed by atoms with Gasteiger partial charge in [0.15, 0.2) is 0 Å². The molecule has 1 rings (SSSR count). The molecular weight excluding hydrogens is 168 g/mol. The van der Waals surface area contributed by atoms with E-state index in [1.54, 1.807) is 0 Å². The number of nitrogens with zero attached hydrogens (tertiary/aromatic N) is 1. The van der Waals surface area contributed by atoms with Gasteiger partial charge in [0, 0.05) is 18.8 Å². The topological polar surface area (TPSA) is 29.3 Å². The lowest BCUT2D eigenvalue weighted by atomic mass is 9.90. The summed E-state index contributed by atoms with van der Waals surface area (Å²) in [5, 5.41) is 0. The molecule has 1 unspecified atom stereocenters. The second-order valence-electron chi connectivity index (χ2n) is 4.03. The summed E-state index contributed by atoms with van der Waals surface area (Å²) in [4.78, 5) is 2.53. The lowest BCUT2D eigenvalue weighted by molar-refractivity contribution is 0.293. The smallest absolute Gasteiger partial charge is 0.00725 e. The number of hydrogen-bond acceptors (Lipinski definition) is 3. The fourth-order valence-electron chi connectivity index (χ4n) is 1.70. The lowest BCUT2D eigenvalue weighted by Gasteiger charge is -2.22. The molecule has 1 fully saturated rings. The van der Waals surface area contributed by atoms with Crippen LogP contribution in [0.2, 0.25) is 0 Å². The first-order valence-electron chi connectivity index (χ1n) is 4.61. The van der Waals surface area contributed by atoms with Crippen molar-refractivity contribution >= 4 is 11.8 Å². The van der Waals surface area contributed by atoms with Gasteiger partial charge in [0.05, 0.1) is 0 Å². The summed E-state index contributed by atoms with van der Waals surface area (Å²) in [6.45, 7) is 6.81. The molecule has 0 amide bonds. The predicted molar refractivity (Wildman–Crippen MR) is 56.6 cm³/mol. The molecule has 2 nitrogen and oxygen atoms in total. The van der Waals surface area contributed by atoms with Gasteiger partial charge in [0.2, 0.25) is 0 Å². The first-order chi connectivity index (χ1) is 5.70. The molecule has 2 N–H and O–H groups in total. The van der Waals surface area contributed by atoms with Crippen molar-refractivity contribution in [2.45, 2.75) is 13.3 Å². The maximum atomic E-state index is 5.73. The second-order valence-corrected chi connectivity index (χ2v) is 5.02. The van der Waals surface area contributed by atoms with Crippen molar-refractivity contribution in [1.82, 2.24) is 4.90 Å². The quantitative estimate of drug-likeness (QED) is 0.714. The van der Waals surface area contributed by atoms with Crippen LogP contribution in [0.1, 0.15) is 13.3 Å². The summed E-state index contributed by atoms with van der Waals surface area (Å²) in [5.41, 5.74) is 6.13. The molecule has 0 aromatic heterocycles. The molecule has 1 saturated heterocycles. The van der Waals surface area contributed by atoms with Gasteiger partial charge in [-0.05, 0) is 31.2 Å². The van der Waals surface area contributed by atoms with Gasteiger partial charge in [-0.1, -0.05) is 6.92 Å². The molecular formula is C9H20N2S. The minimum atomic E-state index is 0.401. The minimum absolute atomic E-state index is 0.401. The van der Waals surface area contributed by atoms with Crippen molar-refractivity contribution in [3.05, 3.63) is 0 Å². The van der Waals surface area contributed by atoms with Gasteiger partial charge in [-0.3, -0.25) is 0 Å². The molecule has 1 heterocycles. The molecule has 0 aliphatic carbocycles. The summed E-state index contributed by atoms with van der Waals surface area (Å²) in [6, 6.07) is 0. The molecule has 3 heteroatoms. The Morgan fingerprint density at radius 1 is 1.58 bits per heavy atom. The molecule has 0 aromatic carbocycles. The number of nitrogens with two attached hydrogens (primary N) is 1. The van der Waals surface area contributed by atoms with E-state index in [-0.39, 0.29) is 0 Å². The molecule has 0 aromatic rings. The molecule has 0 radical (unpaired) electrons. The van der Waals surface area contributed by atoms with Crippen molar-refractivity contribution in [2.75, 3.05) is 38.2 Å². The van der Waals surface area contributed by atoms with E-state index >= 15 is 0 Å². The van der Waals surface area contributed by atoms with E-state index in [1.165, 1.54) is 31.8 Å². The van der Waals surface area contributed by atoms with Crippen LogP contribution >= 0.6 is 11.8 Å². The normalized spacial score (nSPS) is 31.2. The van der Waals surface area contributed by atoms with Crippen molar-refractivity contribution in [3.63, 3.8) is 0 Å². The summed E-state index contributed by atoms with van der Waals surface area (Å²) in [6.07, 6.45) is 3.44. The average molecular weight is 188 g/mol. The van der Waals surface area contributed by atoms with E-state index in [0.717, 1.165) is 6.54 Å². The van der Waals surface area contributed by atoms with Gasteiger partial charge >= 0.3 is 0 Å². The van der Waals surface area contributed by atoms with E-state index in [0.29, 0.717) is 5.41 Å². The third kappa shape index (κ3) is 2.64. The zero-order valence-electron chi connectivity index (χ0n) is 8.18. The van der Waals surface area contributed by atoms with Crippen LogP contribution in [0.25, 0.3) is 0 Å². The SMILES string of the molecule is CSCCN1CCC(C)(CN)C1. The van der Waals surface area contributed by atoms with Crippen LogP contribution in [0.5, 0.6) is 0 Å². The molecule has 0 saturated carbocycles. The number of thioether (sulfide) groups is 1. The summed E-state index contributed by atoms with van der Waals surface area (Å²) >= 11 is 1.92. The Balaban J connectivity index is 2.25. The zero-order chi connectivity index (χ0) is 9.03. The van der Waals surface area contributed by atoms with Crippen LogP contribution < -0.4 is 5.73 Å². The molecule has 12 heavy (non-hydrogen) atoms. The van der Waals surface area contributed by atoms with Gasteiger partial charge in [0.1, 0.15) is 0 Å². The Morgan fingerprint density at radius 2 is 2.33 bits per heavy atom. The second kappa shape index (κ2) is 4.49. The van der Waals surface area contributed by atoms with Crippen molar-refractivity contribution in [2.24, 2.45) is 11.1 Å². The van der Waals surface area contributed by atoms with Crippen LogP contribution in [0.15, 0.2) is 0 Å². The number of hydrogen-bond donors (Lipinski definition) is 1. The Bertz CT molecular complexity index is 138. The number of likely N-dealkylation sites (tertiary alicyclic amines) is 1. The van der Waals surface area contributed by atoms with Gasteiger partial charge in [-0.2, -0.15) is 11.8 Å². The van der Waals surface area contributed by atoms with E-state index in [4.69, 9.17) is 5.73 Å². The highest BCUT2D eigenvalue weighted by Gasteiger charge is 2.31. The van der Waals surface area contributed by atoms with Crippen molar-refractivity contribution in [3.8, 4) is 0 Å². The van der Waals surface area contributed by atoms with Crippen LogP contribution in [0.4, 0.5) is 0 Å². The Morgan fingerprint density at radius 3 is 2.83 bits per heavy atom. The van der Waals surface area contributed by atoms with Crippen LogP contribution in [-0.4, -0.2) is 43.1 Å². The molecule has 72 valence electrons. The van der Waals surface area contributed by atoms with Gasteiger partial charge in [-0.25, -0.2) is 0 Å². The van der Waals surface area contributed by atoms with Gasteiger partial charge in [0.25, 0.3) is 0 Å². The monoisotopic (exact) mass is 188 g/mol. The van der Waals surface area contributed by atoms with Crippen LogP contribution in [-0.2, 0) is 0 Å². The summed E-state index contributed by atoms with van der Waals surface area (Å²) in [7, 11) is 0. The maximum absolute atomic E-state index is 5.73. The van der Waals surface area contributed by atoms with Crippen molar-refractivity contribution in [1.29, 1.82) is 0 Å². The zero-order valence-corrected chi connectivity index (χ0v) is 8.99. The molecule has 1 atom stereocenters. The van der Waals surface area contributed by atoms with Crippen LogP contribution in [0.3, 0.4) is 0 Å². The molecule has 1 aliphatic rings. The Kier molecular flexibility index (Phi) is 3.87. The summed E-state index contributed by atoms with van der Waals surface area (Å²) < 4.78 is 0. The van der Waals surface area contributed by atoms with Gasteiger partial charge in [-0.15, -0.1) is 0 Å². The maximum Gasteiger partial charge on any atom is 0.00725 e. The van der Waals surface area contributed by atoms with E-state index in [9.17, 15) is 0 Å². The predicted octanol–water partition coefficient (Wildman–Crippen LogP) is 1.02. The third-order valence-corrected chi connectivity index (χ3v) is 3.33. The van der Waals surface area contributed by atoms with Gasteiger partial charge < -0.3 is 10.6 Å². The highest BCUT2D eigenvalue weighted by molar-refractivity contribution is 7.98. The van der Waals surface area contributed by atoms with Crippen molar-refractivity contribution < 1.29 is 0 Å². The highest BCUT2D eigenvalue weighted by Crippen LogP contribution is 2.28. The van der Waals surface area contributed by atoms with E-state index in [2.05, 4.69) is 18.1 Å². The molecule has 0 bridgehead atoms. The molecule has 1 aliphatic heterocycles. The fraction of sp³-hybridized carbons (Fsp3) is 1.00. The van der Waals surface area contributed by atoms with E-state index < -0.39 is 0 Å². The Labute approximate surface area is 79.9 Å². The minimum Gasteiger partial charge on any atom is -0.330 e. The van der Waals surface area contributed by atoms with E-state index in [1.807, 2.05) is 11.8 Å². The lowest BCUT2D eigenvalue weighted by Crippen LogP contribution is -2.32. The highest BCUT2D eigenvalue weighted by atomic mass is 32.2. The number of rotatable bonds is 4. The fourth-order valence-corrected chi connectivity index (χ4v) is 2.14. The largest absolute Gasteiger partial charge is 0.330 e. The molecule has 0 spiro atoms. The standard InChI is InChI=1S/C9H20N2S/c1-9(7-10)3-4-11(8-9)5-6-12-2/h3-8,10H2,1-2H3. The third-order valence-electron chi connectivity index (χ3n) is 2.74. The first kappa shape index (κ1) is 10.4.